The van der Waals surface area contributed by atoms with Gasteiger partial charge in [0.15, 0.2) is 5.13 Å². The summed E-state index contributed by atoms with van der Waals surface area (Å²) in [4.78, 5) is 11.5. The molecule has 2 aromatic rings. The first-order chi connectivity index (χ1) is 13.2. The van der Waals surface area contributed by atoms with Crippen molar-refractivity contribution in [2.45, 2.75) is 39.5 Å². The van der Waals surface area contributed by atoms with Gasteiger partial charge in [-0.1, -0.05) is 11.3 Å². The Kier molecular flexibility index (Phi) is 7.08. The average Bonchev–Trinajstić information content (AvgIpc) is 3.24. The average molecular weight is 444 g/mol. The molecule has 1 aliphatic rings. The zero-order valence-electron chi connectivity index (χ0n) is 16.9. The van der Waals surface area contributed by atoms with Crippen LogP contribution in [0.5, 0.6) is 0 Å². The van der Waals surface area contributed by atoms with E-state index in [-0.39, 0.29) is 0 Å². The highest BCUT2D eigenvalue weighted by molar-refractivity contribution is 7.87. The van der Waals surface area contributed by atoms with Gasteiger partial charge >= 0.3 is 0 Å². The third-order valence-electron chi connectivity index (χ3n) is 5.19. The Morgan fingerprint density at radius 1 is 1.11 bits per heavy atom. The fourth-order valence-corrected chi connectivity index (χ4v) is 5.92. The van der Waals surface area contributed by atoms with Gasteiger partial charge in [0.05, 0.1) is 15.6 Å². The topological polar surface area (TPSA) is 87.2 Å². The first kappa shape index (κ1) is 21.6. The molecule has 2 N–H and O–H groups in total. The minimum atomic E-state index is -3.32. The summed E-state index contributed by atoms with van der Waals surface area (Å²) in [5, 5.41) is 5.51. The quantitative estimate of drug-likeness (QED) is 0.652. The van der Waals surface area contributed by atoms with E-state index in [4.69, 9.17) is 0 Å². The SMILES string of the molecule is Cc1nc(-c2cnc(NC[C@H]3CC[C@H](CNS(=O)(=O)N(C)C)CC3)s2)c(C)s1. The standard InChI is InChI=1S/C18H29N5O2S3/c1-12-17(22-13(2)26-12)16-11-20-18(27-16)19-9-14-5-7-15(8-6-14)10-21-28(24,25)23(3)4/h11,14-15,21H,5-10H2,1-4H3,(H,19,20)/t14-,15-. The van der Waals surface area contributed by atoms with E-state index in [0.29, 0.717) is 18.4 Å². The van der Waals surface area contributed by atoms with Crippen LogP contribution in [0.15, 0.2) is 6.20 Å². The number of anilines is 1. The Bertz CT molecular complexity index is 883. The van der Waals surface area contributed by atoms with Crippen molar-refractivity contribution < 1.29 is 8.42 Å². The molecule has 2 aromatic heterocycles. The van der Waals surface area contributed by atoms with Gasteiger partial charge < -0.3 is 5.32 Å². The van der Waals surface area contributed by atoms with Crippen molar-refractivity contribution in [3.63, 3.8) is 0 Å². The summed E-state index contributed by atoms with van der Waals surface area (Å²) >= 11 is 3.38. The van der Waals surface area contributed by atoms with Crippen molar-refractivity contribution in [1.82, 2.24) is 19.0 Å². The summed E-state index contributed by atoms with van der Waals surface area (Å²) in [5.41, 5.74) is 1.05. The lowest BCUT2D eigenvalue weighted by Gasteiger charge is -2.29. The number of nitrogens with zero attached hydrogens (tertiary/aromatic N) is 3. The van der Waals surface area contributed by atoms with Crippen molar-refractivity contribution in [3.05, 3.63) is 16.1 Å². The van der Waals surface area contributed by atoms with Gasteiger partial charge in [-0.2, -0.15) is 12.7 Å². The van der Waals surface area contributed by atoms with Crippen molar-refractivity contribution in [3.8, 4) is 10.6 Å². The summed E-state index contributed by atoms with van der Waals surface area (Å²) in [7, 11) is -0.225. The molecule has 28 heavy (non-hydrogen) atoms. The second kappa shape index (κ2) is 9.17. The highest BCUT2D eigenvalue weighted by Crippen LogP contribution is 2.34. The highest BCUT2D eigenvalue weighted by atomic mass is 32.2. The van der Waals surface area contributed by atoms with E-state index in [2.05, 4.69) is 26.9 Å². The molecule has 2 heterocycles. The fourth-order valence-electron chi connectivity index (χ4n) is 3.45. The van der Waals surface area contributed by atoms with Gasteiger partial charge in [-0.05, 0) is 51.4 Å². The molecule has 1 fully saturated rings. The molecule has 10 heteroatoms. The smallest absolute Gasteiger partial charge is 0.278 e. The molecule has 0 amide bonds. The van der Waals surface area contributed by atoms with E-state index in [0.717, 1.165) is 52.9 Å². The van der Waals surface area contributed by atoms with Crippen LogP contribution in [-0.4, -0.2) is 49.9 Å². The molecule has 0 atom stereocenters. The third kappa shape index (κ3) is 5.50. The highest BCUT2D eigenvalue weighted by Gasteiger charge is 2.23. The Balaban J connectivity index is 1.43. The van der Waals surface area contributed by atoms with Gasteiger partial charge in [-0.3, -0.25) is 0 Å². The van der Waals surface area contributed by atoms with E-state index in [1.807, 2.05) is 13.1 Å². The molecule has 0 radical (unpaired) electrons. The maximum atomic E-state index is 11.8. The summed E-state index contributed by atoms with van der Waals surface area (Å²) in [6.07, 6.45) is 6.25. The van der Waals surface area contributed by atoms with Gasteiger partial charge in [0.25, 0.3) is 10.2 Å². The van der Waals surface area contributed by atoms with Gasteiger partial charge in [0.1, 0.15) is 0 Å². The third-order valence-corrected chi connectivity index (χ3v) is 8.53. The summed E-state index contributed by atoms with van der Waals surface area (Å²) < 4.78 is 27.6. The van der Waals surface area contributed by atoms with Crippen LogP contribution in [0.25, 0.3) is 10.6 Å². The predicted octanol–water partition coefficient (Wildman–Crippen LogP) is 3.50. The summed E-state index contributed by atoms with van der Waals surface area (Å²) in [5.74, 6) is 1.03. The zero-order valence-corrected chi connectivity index (χ0v) is 19.3. The molecule has 1 saturated carbocycles. The lowest BCUT2D eigenvalue weighted by atomic mass is 9.82. The minimum absolute atomic E-state index is 0.424. The maximum absolute atomic E-state index is 11.8. The van der Waals surface area contributed by atoms with Gasteiger partial charge in [0.2, 0.25) is 0 Å². The van der Waals surface area contributed by atoms with E-state index in [1.165, 1.54) is 9.18 Å². The second-order valence-electron chi connectivity index (χ2n) is 7.57. The van der Waals surface area contributed by atoms with Crippen LogP contribution in [-0.2, 0) is 10.2 Å². The molecule has 0 aliphatic heterocycles. The Labute approximate surface area is 175 Å². The molecule has 1 aliphatic carbocycles. The fraction of sp³-hybridized carbons (Fsp3) is 0.667. The molecule has 3 rings (SSSR count). The normalized spacial score (nSPS) is 20.6. The minimum Gasteiger partial charge on any atom is -0.361 e. The van der Waals surface area contributed by atoms with Crippen LogP contribution in [0, 0.1) is 25.7 Å². The number of aryl methyl sites for hydroxylation is 2. The van der Waals surface area contributed by atoms with Crippen molar-refractivity contribution in [1.29, 1.82) is 0 Å². The molecule has 0 bridgehead atoms. The number of hydrogen-bond donors (Lipinski definition) is 2. The molecule has 0 saturated heterocycles. The van der Waals surface area contributed by atoms with Crippen molar-refractivity contribution in [2.24, 2.45) is 11.8 Å². The number of thiazole rings is 2. The van der Waals surface area contributed by atoms with Gasteiger partial charge in [-0.25, -0.2) is 14.7 Å². The second-order valence-corrected chi connectivity index (χ2v) is 12.0. The van der Waals surface area contributed by atoms with Crippen molar-refractivity contribution in [2.75, 3.05) is 32.5 Å². The van der Waals surface area contributed by atoms with Crippen molar-refractivity contribution >= 4 is 38.0 Å². The Hall–Kier alpha value is -1.07. The number of aromatic nitrogens is 2. The molecule has 0 aromatic carbocycles. The number of rotatable bonds is 8. The monoisotopic (exact) mass is 443 g/mol. The first-order valence-electron chi connectivity index (χ1n) is 9.56. The molecule has 0 spiro atoms. The predicted molar refractivity (Wildman–Crippen MR) is 117 cm³/mol. The Morgan fingerprint density at radius 3 is 2.32 bits per heavy atom. The largest absolute Gasteiger partial charge is 0.361 e. The van der Waals surface area contributed by atoms with Crippen LogP contribution in [0.1, 0.15) is 35.6 Å². The van der Waals surface area contributed by atoms with Gasteiger partial charge in [-0.15, -0.1) is 11.3 Å². The lowest BCUT2D eigenvalue weighted by Crippen LogP contribution is -2.39. The molecule has 0 unspecified atom stereocenters. The van der Waals surface area contributed by atoms with Crippen LogP contribution in [0.2, 0.25) is 0 Å². The molecule has 7 nitrogen and oxygen atoms in total. The maximum Gasteiger partial charge on any atom is 0.278 e. The van der Waals surface area contributed by atoms with Crippen LogP contribution in [0.3, 0.4) is 0 Å². The molecular weight excluding hydrogens is 414 g/mol. The van der Waals surface area contributed by atoms with Crippen LogP contribution >= 0.6 is 22.7 Å². The molecular formula is C18H29N5O2S3. The van der Waals surface area contributed by atoms with E-state index in [9.17, 15) is 8.42 Å². The Morgan fingerprint density at radius 2 is 1.75 bits per heavy atom. The van der Waals surface area contributed by atoms with Crippen LogP contribution in [0.4, 0.5) is 5.13 Å². The van der Waals surface area contributed by atoms with E-state index < -0.39 is 10.2 Å². The zero-order chi connectivity index (χ0) is 20.3. The summed E-state index contributed by atoms with van der Waals surface area (Å²) in [6, 6.07) is 0. The van der Waals surface area contributed by atoms with E-state index >= 15 is 0 Å². The summed E-state index contributed by atoms with van der Waals surface area (Å²) in [6.45, 7) is 5.58. The van der Waals surface area contributed by atoms with E-state index in [1.54, 1.807) is 36.8 Å². The number of nitrogens with one attached hydrogen (secondary N) is 2. The number of hydrogen-bond acceptors (Lipinski definition) is 7. The molecule has 156 valence electrons. The van der Waals surface area contributed by atoms with Gasteiger partial charge in [0, 0.05) is 38.3 Å². The first-order valence-corrected chi connectivity index (χ1v) is 12.6. The van der Waals surface area contributed by atoms with Crippen LogP contribution < -0.4 is 10.0 Å². The lowest BCUT2D eigenvalue weighted by molar-refractivity contribution is 0.283.